The number of nitrogens with one attached hydrogen (secondary N) is 3. The minimum absolute atomic E-state index is 0.0327. The normalized spacial score (nSPS) is 22.2. The fraction of sp³-hybridized carbons (Fsp3) is 0.500. The number of carbonyl (C=O) groups is 1. The van der Waals surface area contributed by atoms with E-state index in [4.69, 9.17) is 0 Å². The van der Waals surface area contributed by atoms with Crippen LogP contribution in [0.3, 0.4) is 0 Å². The van der Waals surface area contributed by atoms with E-state index in [0.717, 1.165) is 23.3 Å². The van der Waals surface area contributed by atoms with Crippen molar-refractivity contribution < 1.29 is 9.90 Å². The Kier molecular flexibility index (Phi) is 5.23. The molecule has 1 fully saturated rings. The molecule has 9 nitrogen and oxygen atoms in total. The Hall–Kier alpha value is -2.94. The van der Waals surface area contributed by atoms with Crippen LogP contribution in [0.1, 0.15) is 50.7 Å². The van der Waals surface area contributed by atoms with Crippen molar-refractivity contribution in [1.82, 2.24) is 35.4 Å². The number of urea groups is 1. The van der Waals surface area contributed by atoms with Gasteiger partial charge < -0.3 is 20.7 Å². The predicted octanol–water partition coefficient (Wildman–Crippen LogP) is 2.16. The number of aromatic nitrogens is 5. The molecule has 4 rings (SSSR count). The fourth-order valence-corrected chi connectivity index (χ4v) is 3.91. The summed E-state index contributed by atoms with van der Waals surface area (Å²) < 4.78 is 1.75. The molecular formula is C20H27N7O2. The average Bonchev–Trinajstić information content (AvgIpc) is 3.26. The molecule has 154 valence electrons. The van der Waals surface area contributed by atoms with E-state index >= 15 is 0 Å². The Bertz CT molecular complexity index is 976. The summed E-state index contributed by atoms with van der Waals surface area (Å²) in [4.78, 5) is 24.7. The standard InChI is InChI=1S/C20H27N7O2/c1-11(2)21-20(29)25-16-10-13(8-9-17(16)28)18-22-12(3)26-27(18)19-23-14-6-4-5-7-15(14)24-19/h4-7,11,13,16-17,28H,8-10H2,1-3H3,(H,23,24)(H2,21,25,29)/t13-,16+,17+/m0/s1. The molecule has 2 heterocycles. The highest BCUT2D eigenvalue weighted by Gasteiger charge is 2.34. The number of nitrogens with zero attached hydrogens (tertiary/aromatic N) is 4. The monoisotopic (exact) mass is 397 g/mol. The summed E-state index contributed by atoms with van der Waals surface area (Å²) in [6.07, 6.45) is 1.37. The molecule has 0 radical (unpaired) electrons. The van der Waals surface area contributed by atoms with Crippen LogP contribution < -0.4 is 10.6 Å². The van der Waals surface area contributed by atoms with E-state index < -0.39 is 6.10 Å². The number of rotatable bonds is 4. The van der Waals surface area contributed by atoms with E-state index in [1.807, 2.05) is 45.0 Å². The highest BCUT2D eigenvalue weighted by Crippen LogP contribution is 2.33. The third-order valence-corrected chi connectivity index (χ3v) is 5.23. The number of aliphatic hydroxyl groups excluding tert-OH is 1. The molecular weight excluding hydrogens is 370 g/mol. The molecule has 0 bridgehead atoms. The SMILES string of the molecule is Cc1nc([C@H]2CC[C@@H](O)[C@H](NC(=O)NC(C)C)C2)n(-c2nc3ccccc3[nH]2)n1. The number of hydrogen-bond acceptors (Lipinski definition) is 5. The minimum atomic E-state index is -0.576. The van der Waals surface area contributed by atoms with Gasteiger partial charge in [0.05, 0.1) is 23.2 Å². The van der Waals surface area contributed by atoms with Crippen LogP contribution in [0, 0.1) is 6.92 Å². The Balaban J connectivity index is 1.59. The van der Waals surface area contributed by atoms with Crippen LogP contribution in [0.5, 0.6) is 0 Å². The van der Waals surface area contributed by atoms with Crippen LogP contribution in [0.25, 0.3) is 17.0 Å². The van der Waals surface area contributed by atoms with Gasteiger partial charge in [0.1, 0.15) is 11.6 Å². The quantitative estimate of drug-likeness (QED) is 0.538. The fourth-order valence-electron chi connectivity index (χ4n) is 3.91. The van der Waals surface area contributed by atoms with E-state index in [-0.39, 0.29) is 24.0 Å². The highest BCUT2D eigenvalue weighted by molar-refractivity contribution is 5.76. The van der Waals surface area contributed by atoms with Crippen LogP contribution in [-0.4, -0.2) is 54.1 Å². The number of H-pyrrole nitrogens is 1. The van der Waals surface area contributed by atoms with Crippen LogP contribution in [0.4, 0.5) is 4.79 Å². The van der Waals surface area contributed by atoms with Crippen LogP contribution in [-0.2, 0) is 0 Å². The summed E-state index contributed by atoms with van der Waals surface area (Å²) in [5.74, 6) is 2.13. The van der Waals surface area contributed by atoms with Crippen LogP contribution in [0.15, 0.2) is 24.3 Å². The molecule has 1 saturated carbocycles. The lowest BCUT2D eigenvalue weighted by Gasteiger charge is -2.33. The molecule has 0 aliphatic heterocycles. The zero-order valence-corrected chi connectivity index (χ0v) is 16.9. The number of carbonyl (C=O) groups excluding carboxylic acids is 1. The molecule has 2 aromatic heterocycles. The molecule has 1 aliphatic carbocycles. The smallest absolute Gasteiger partial charge is 0.315 e. The summed E-state index contributed by atoms with van der Waals surface area (Å²) in [6, 6.07) is 7.25. The van der Waals surface area contributed by atoms with Gasteiger partial charge in [-0.25, -0.2) is 14.8 Å². The Labute approximate surface area is 168 Å². The van der Waals surface area contributed by atoms with E-state index in [0.29, 0.717) is 24.6 Å². The van der Waals surface area contributed by atoms with Gasteiger partial charge in [-0.3, -0.25) is 0 Å². The Morgan fingerprint density at radius 2 is 2.07 bits per heavy atom. The molecule has 1 aromatic carbocycles. The van der Waals surface area contributed by atoms with Crippen molar-refractivity contribution >= 4 is 17.1 Å². The molecule has 3 aromatic rings. The van der Waals surface area contributed by atoms with Crippen molar-refractivity contribution in [1.29, 1.82) is 0 Å². The number of aliphatic hydroxyl groups is 1. The first kappa shape index (κ1) is 19.4. The summed E-state index contributed by atoms with van der Waals surface area (Å²) >= 11 is 0. The molecule has 1 aliphatic rings. The number of benzene rings is 1. The van der Waals surface area contributed by atoms with Crippen molar-refractivity contribution in [2.24, 2.45) is 0 Å². The first-order chi connectivity index (χ1) is 13.9. The second-order valence-electron chi connectivity index (χ2n) is 7.96. The molecule has 3 atom stereocenters. The summed E-state index contributed by atoms with van der Waals surface area (Å²) in [5.41, 5.74) is 1.80. The topological polar surface area (TPSA) is 121 Å². The van der Waals surface area contributed by atoms with Gasteiger partial charge in [-0.15, -0.1) is 5.10 Å². The zero-order valence-electron chi connectivity index (χ0n) is 16.9. The first-order valence-corrected chi connectivity index (χ1v) is 10.0. The van der Waals surface area contributed by atoms with Gasteiger partial charge in [0.15, 0.2) is 0 Å². The Morgan fingerprint density at radius 1 is 1.28 bits per heavy atom. The van der Waals surface area contributed by atoms with Gasteiger partial charge in [0.25, 0.3) is 0 Å². The zero-order chi connectivity index (χ0) is 20.5. The summed E-state index contributed by atoms with van der Waals surface area (Å²) in [7, 11) is 0. The number of aromatic amines is 1. The van der Waals surface area contributed by atoms with Crippen molar-refractivity contribution in [2.45, 2.75) is 64.1 Å². The number of hydrogen-bond donors (Lipinski definition) is 4. The van der Waals surface area contributed by atoms with Gasteiger partial charge >= 0.3 is 6.03 Å². The third kappa shape index (κ3) is 4.09. The molecule has 0 unspecified atom stereocenters. The minimum Gasteiger partial charge on any atom is -0.391 e. The van der Waals surface area contributed by atoms with Crippen molar-refractivity contribution in [3.05, 3.63) is 35.9 Å². The highest BCUT2D eigenvalue weighted by atomic mass is 16.3. The summed E-state index contributed by atoms with van der Waals surface area (Å²) in [6.45, 7) is 5.66. The number of amides is 2. The second kappa shape index (κ2) is 7.82. The molecule has 9 heteroatoms. The van der Waals surface area contributed by atoms with Gasteiger partial charge in [0, 0.05) is 12.0 Å². The lowest BCUT2D eigenvalue weighted by Crippen LogP contribution is -2.51. The van der Waals surface area contributed by atoms with E-state index in [2.05, 4.69) is 30.7 Å². The molecule has 2 amide bonds. The maximum Gasteiger partial charge on any atom is 0.315 e. The molecule has 29 heavy (non-hydrogen) atoms. The largest absolute Gasteiger partial charge is 0.391 e. The van der Waals surface area contributed by atoms with Gasteiger partial charge in [-0.2, -0.15) is 4.68 Å². The van der Waals surface area contributed by atoms with Crippen molar-refractivity contribution in [2.75, 3.05) is 0 Å². The molecule has 0 spiro atoms. The molecule has 4 N–H and O–H groups in total. The predicted molar refractivity (Wildman–Crippen MR) is 109 cm³/mol. The number of aryl methyl sites for hydroxylation is 1. The van der Waals surface area contributed by atoms with E-state index in [1.165, 1.54) is 0 Å². The van der Waals surface area contributed by atoms with Crippen molar-refractivity contribution in [3.63, 3.8) is 0 Å². The van der Waals surface area contributed by atoms with Gasteiger partial charge in [-0.05, 0) is 52.2 Å². The van der Waals surface area contributed by atoms with Crippen molar-refractivity contribution in [3.8, 4) is 5.95 Å². The number of fused-ring (bicyclic) bond motifs is 1. The second-order valence-corrected chi connectivity index (χ2v) is 7.96. The Morgan fingerprint density at radius 3 is 2.83 bits per heavy atom. The number of imidazole rings is 1. The van der Waals surface area contributed by atoms with E-state index in [9.17, 15) is 9.90 Å². The van der Waals surface area contributed by atoms with Crippen LogP contribution >= 0.6 is 0 Å². The first-order valence-electron chi connectivity index (χ1n) is 10.0. The summed E-state index contributed by atoms with van der Waals surface area (Å²) in [5, 5.41) is 20.7. The van der Waals surface area contributed by atoms with Crippen LogP contribution in [0.2, 0.25) is 0 Å². The molecule has 0 saturated heterocycles. The van der Waals surface area contributed by atoms with Gasteiger partial charge in [0.2, 0.25) is 5.95 Å². The van der Waals surface area contributed by atoms with Gasteiger partial charge in [-0.1, -0.05) is 12.1 Å². The third-order valence-electron chi connectivity index (χ3n) is 5.23. The maximum atomic E-state index is 12.1. The number of para-hydroxylation sites is 2. The lowest BCUT2D eigenvalue weighted by molar-refractivity contribution is 0.0851. The van der Waals surface area contributed by atoms with E-state index in [1.54, 1.807) is 4.68 Å². The lowest BCUT2D eigenvalue weighted by atomic mass is 9.83. The average molecular weight is 397 g/mol. The maximum absolute atomic E-state index is 12.1.